The standard InChI is InChI=1S/C13H19NO3S/c1-13(14)11(15)8-5-9-12(13)18(16,17)10-6-3-2-4-7-10/h2-4,6-7,11-12,15H,5,8-9,14H2,1H3/t11-,12-,13-/m1/s1. The normalized spacial score (nSPS) is 33.3. The highest BCUT2D eigenvalue weighted by molar-refractivity contribution is 7.92. The predicted octanol–water partition coefficient (Wildman–Crippen LogP) is 1.09. The molecule has 100 valence electrons. The summed E-state index contributed by atoms with van der Waals surface area (Å²) >= 11 is 0. The second-order valence-electron chi connectivity index (χ2n) is 5.16. The third kappa shape index (κ3) is 2.18. The molecule has 1 aromatic carbocycles. The lowest BCUT2D eigenvalue weighted by Gasteiger charge is -2.41. The number of benzene rings is 1. The minimum Gasteiger partial charge on any atom is -0.391 e. The quantitative estimate of drug-likeness (QED) is 0.842. The van der Waals surface area contributed by atoms with Gasteiger partial charge in [0.25, 0.3) is 0 Å². The number of rotatable bonds is 2. The molecule has 1 aliphatic rings. The maximum Gasteiger partial charge on any atom is 0.183 e. The van der Waals surface area contributed by atoms with Gasteiger partial charge in [-0.1, -0.05) is 18.2 Å². The van der Waals surface area contributed by atoms with E-state index >= 15 is 0 Å². The molecule has 0 aliphatic heterocycles. The van der Waals surface area contributed by atoms with Gasteiger partial charge in [0.15, 0.2) is 9.84 Å². The second-order valence-corrected chi connectivity index (χ2v) is 7.29. The molecule has 5 heteroatoms. The van der Waals surface area contributed by atoms with E-state index in [1.165, 1.54) is 0 Å². The van der Waals surface area contributed by atoms with Gasteiger partial charge in [0.1, 0.15) is 0 Å². The third-order valence-electron chi connectivity index (χ3n) is 3.80. The smallest absolute Gasteiger partial charge is 0.183 e. The highest BCUT2D eigenvalue weighted by Crippen LogP contribution is 2.34. The van der Waals surface area contributed by atoms with Crippen molar-refractivity contribution < 1.29 is 13.5 Å². The molecular formula is C13H19NO3S. The van der Waals surface area contributed by atoms with Crippen molar-refractivity contribution in [1.29, 1.82) is 0 Å². The summed E-state index contributed by atoms with van der Waals surface area (Å²) in [6.45, 7) is 1.63. The Morgan fingerprint density at radius 2 is 1.89 bits per heavy atom. The Morgan fingerprint density at radius 3 is 2.50 bits per heavy atom. The second kappa shape index (κ2) is 4.64. The fourth-order valence-electron chi connectivity index (χ4n) is 2.60. The fraction of sp³-hybridized carbons (Fsp3) is 0.538. The molecule has 3 N–H and O–H groups in total. The van der Waals surface area contributed by atoms with E-state index < -0.39 is 26.7 Å². The van der Waals surface area contributed by atoms with E-state index in [1.54, 1.807) is 37.3 Å². The summed E-state index contributed by atoms with van der Waals surface area (Å²) in [7, 11) is -3.49. The fourth-order valence-corrected chi connectivity index (χ4v) is 4.76. The molecule has 4 nitrogen and oxygen atoms in total. The summed E-state index contributed by atoms with van der Waals surface area (Å²) in [4.78, 5) is 0.278. The summed E-state index contributed by atoms with van der Waals surface area (Å²) < 4.78 is 25.1. The molecular weight excluding hydrogens is 250 g/mol. The molecule has 0 bridgehead atoms. The predicted molar refractivity (Wildman–Crippen MR) is 69.9 cm³/mol. The molecule has 0 saturated heterocycles. The number of aliphatic hydroxyl groups is 1. The maximum atomic E-state index is 12.6. The van der Waals surface area contributed by atoms with Crippen LogP contribution in [0, 0.1) is 0 Å². The molecule has 1 aromatic rings. The zero-order chi connectivity index (χ0) is 13.4. The van der Waals surface area contributed by atoms with E-state index in [-0.39, 0.29) is 4.90 Å². The van der Waals surface area contributed by atoms with Crippen LogP contribution in [0.1, 0.15) is 26.2 Å². The van der Waals surface area contributed by atoms with Crippen LogP contribution in [0.25, 0.3) is 0 Å². The summed E-state index contributed by atoms with van der Waals surface area (Å²) in [6.07, 6.45) is 0.981. The average Bonchev–Trinajstić information content (AvgIpc) is 2.33. The number of hydrogen-bond acceptors (Lipinski definition) is 4. The van der Waals surface area contributed by atoms with Crippen molar-refractivity contribution in [2.75, 3.05) is 0 Å². The van der Waals surface area contributed by atoms with Crippen molar-refractivity contribution >= 4 is 9.84 Å². The molecule has 18 heavy (non-hydrogen) atoms. The molecule has 0 heterocycles. The monoisotopic (exact) mass is 269 g/mol. The van der Waals surface area contributed by atoms with Crippen molar-refractivity contribution in [2.24, 2.45) is 5.73 Å². The van der Waals surface area contributed by atoms with Crippen LogP contribution in [-0.2, 0) is 9.84 Å². The molecule has 1 aliphatic carbocycles. The van der Waals surface area contributed by atoms with Gasteiger partial charge in [0.2, 0.25) is 0 Å². The van der Waals surface area contributed by atoms with Crippen LogP contribution in [0.3, 0.4) is 0 Å². The molecule has 0 radical (unpaired) electrons. The SMILES string of the molecule is C[C@@]1(N)[C@H](O)CCC[C@H]1S(=O)(=O)c1ccccc1. The first-order valence-electron chi connectivity index (χ1n) is 6.12. The lowest BCUT2D eigenvalue weighted by atomic mass is 9.81. The Morgan fingerprint density at radius 1 is 1.28 bits per heavy atom. The minimum absolute atomic E-state index is 0.278. The maximum absolute atomic E-state index is 12.6. The summed E-state index contributed by atoms with van der Waals surface area (Å²) in [5.74, 6) is 0. The van der Waals surface area contributed by atoms with Crippen LogP contribution in [0.15, 0.2) is 35.2 Å². The molecule has 2 rings (SSSR count). The largest absolute Gasteiger partial charge is 0.391 e. The van der Waals surface area contributed by atoms with Crippen molar-refractivity contribution in [3.05, 3.63) is 30.3 Å². The Kier molecular flexibility index (Phi) is 3.49. The Balaban J connectivity index is 2.42. The van der Waals surface area contributed by atoms with Crippen molar-refractivity contribution in [3.8, 4) is 0 Å². The average molecular weight is 269 g/mol. The van der Waals surface area contributed by atoms with Gasteiger partial charge in [-0.3, -0.25) is 0 Å². The highest BCUT2D eigenvalue weighted by atomic mass is 32.2. The lowest BCUT2D eigenvalue weighted by Crippen LogP contribution is -2.61. The first kappa shape index (κ1) is 13.5. The van der Waals surface area contributed by atoms with Crippen LogP contribution >= 0.6 is 0 Å². The van der Waals surface area contributed by atoms with E-state index in [0.29, 0.717) is 19.3 Å². The van der Waals surface area contributed by atoms with Crippen molar-refractivity contribution in [1.82, 2.24) is 0 Å². The first-order chi connectivity index (χ1) is 8.37. The first-order valence-corrected chi connectivity index (χ1v) is 7.67. The summed E-state index contributed by atoms with van der Waals surface area (Å²) in [6, 6.07) is 8.31. The van der Waals surface area contributed by atoms with Gasteiger partial charge in [-0.25, -0.2) is 8.42 Å². The van der Waals surface area contributed by atoms with E-state index in [1.807, 2.05) is 0 Å². The molecule has 0 aromatic heterocycles. The number of hydrogen-bond donors (Lipinski definition) is 2. The lowest BCUT2D eigenvalue weighted by molar-refractivity contribution is 0.0593. The number of nitrogens with two attached hydrogens (primary N) is 1. The summed E-state index contributed by atoms with van der Waals surface area (Å²) in [5, 5.41) is 9.20. The number of sulfone groups is 1. The van der Waals surface area contributed by atoms with Crippen LogP contribution in [0.5, 0.6) is 0 Å². The molecule has 1 fully saturated rings. The Labute approximate surface area is 108 Å². The van der Waals surface area contributed by atoms with Crippen LogP contribution in [0.2, 0.25) is 0 Å². The van der Waals surface area contributed by atoms with Crippen LogP contribution in [-0.4, -0.2) is 30.4 Å². The van der Waals surface area contributed by atoms with Gasteiger partial charge in [0, 0.05) is 0 Å². The topological polar surface area (TPSA) is 80.4 Å². The van der Waals surface area contributed by atoms with Gasteiger partial charge in [-0.2, -0.15) is 0 Å². The van der Waals surface area contributed by atoms with Gasteiger partial charge in [0.05, 0.1) is 21.8 Å². The van der Waals surface area contributed by atoms with Crippen LogP contribution < -0.4 is 5.73 Å². The van der Waals surface area contributed by atoms with Gasteiger partial charge >= 0.3 is 0 Å². The van der Waals surface area contributed by atoms with E-state index in [9.17, 15) is 13.5 Å². The molecule has 0 spiro atoms. The molecule has 1 saturated carbocycles. The van der Waals surface area contributed by atoms with Crippen molar-refractivity contribution in [2.45, 2.75) is 48.0 Å². The van der Waals surface area contributed by atoms with E-state index in [4.69, 9.17) is 5.73 Å². The zero-order valence-electron chi connectivity index (χ0n) is 10.4. The van der Waals surface area contributed by atoms with Gasteiger partial charge in [-0.15, -0.1) is 0 Å². The van der Waals surface area contributed by atoms with Crippen molar-refractivity contribution in [3.63, 3.8) is 0 Å². The van der Waals surface area contributed by atoms with Gasteiger partial charge in [-0.05, 0) is 38.3 Å². The molecule has 0 amide bonds. The van der Waals surface area contributed by atoms with Crippen LogP contribution in [0.4, 0.5) is 0 Å². The van der Waals surface area contributed by atoms with E-state index in [2.05, 4.69) is 0 Å². The highest BCUT2D eigenvalue weighted by Gasteiger charge is 2.47. The molecule has 3 atom stereocenters. The summed E-state index contributed by atoms with van der Waals surface area (Å²) in [5.41, 5.74) is 4.97. The number of aliphatic hydroxyl groups excluding tert-OH is 1. The Hall–Kier alpha value is -0.910. The Bertz CT molecular complexity index is 510. The third-order valence-corrected chi connectivity index (χ3v) is 6.22. The minimum atomic E-state index is -3.49. The molecule has 0 unspecified atom stereocenters. The van der Waals surface area contributed by atoms with E-state index in [0.717, 1.165) is 0 Å². The van der Waals surface area contributed by atoms with Gasteiger partial charge < -0.3 is 10.8 Å². The zero-order valence-corrected chi connectivity index (χ0v) is 11.2.